The fourth-order valence-electron chi connectivity index (χ4n) is 4.87. The van der Waals surface area contributed by atoms with Crippen LogP contribution in [-0.4, -0.2) is 27.4 Å². The van der Waals surface area contributed by atoms with Crippen LogP contribution in [-0.2, 0) is 0 Å². The van der Waals surface area contributed by atoms with E-state index in [2.05, 4.69) is 19.7 Å². The minimum atomic E-state index is 0.571. The van der Waals surface area contributed by atoms with Gasteiger partial charge in [-0.2, -0.15) is 0 Å². The lowest BCUT2D eigenvalue weighted by atomic mass is 9.92. The van der Waals surface area contributed by atoms with Crippen molar-refractivity contribution < 1.29 is 0 Å². The maximum atomic E-state index is 5.56. The van der Waals surface area contributed by atoms with E-state index in [1.54, 1.807) is 0 Å². The maximum Gasteiger partial charge on any atom is 0.226 e. The monoisotopic (exact) mass is 306 g/mol. The van der Waals surface area contributed by atoms with Gasteiger partial charge in [0.25, 0.3) is 0 Å². The molecule has 1 aromatic heterocycles. The van der Waals surface area contributed by atoms with Gasteiger partial charge in [0, 0.05) is 18.6 Å². The number of aromatic amines is 1. The van der Waals surface area contributed by atoms with E-state index in [-0.39, 0.29) is 0 Å². The highest BCUT2D eigenvalue weighted by molar-refractivity contribution is 7.71. The standard InChI is InChI=1S/C16H26N4S/c21-16-18-17-15(20(16)13-8-2-1-3-9-13)19-11-5-7-12-6-4-10-14(12)19/h12-14H,1-11H2,(H,18,21). The summed E-state index contributed by atoms with van der Waals surface area (Å²) in [6.45, 7) is 1.16. The molecule has 2 heterocycles. The minimum absolute atomic E-state index is 0.571. The van der Waals surface area contributed by atoms with Crippen molar-refractivity contribution in [3.8, 4) is 0 Å². The summed E-state index contributed by atoms with van der Waals surface area (Å²) in [4.78, 5) is 2.59. The van der Waals surface area contributed by atoms with E-state index in [0.717, 1.165) is 23.2 Å². The number of hydrogen-bond donors (Lipinski definition) is 1. The molecule has 1 N–H and O–H groups in total. The molecule has 0 radical (unpaired) electrons. The van der Waals surface area contributed by atoms with Crippen molar-refractivity contribution in [3.63, 3.8) is 0 Å². The van der Waals surface area contributed by atoms with Crippen molar-refractivity contribution >= 4 is 18.2 Å². The molecule has 0 amide bonds. The number of nitrogens with zero attached hydrogens (tertiary/aromatic N) is 3. The molecule has 0 aromatic carbocycles. The maximum absolute atomic E-state index is 5.56. The second-order valence-corrected chi connectivity index (χ2v) is 7.47. The lowest BCUT2D eigenvalue weighted by Gasteiger charge is -2.39. The molecule has 4 nitrogen and oxygen atoms in total. The molecule has 1 saturated heterocycles. The molecule has 0 spiro atoms. The van der Waals surface area contributed by atoms with Gasteiger partial charge in [-0.1, -0.05) is 25.7 Å². The van der Waals surface area contributed by atoms with E-state index < -0.39 is 0 Å². The van der Waals surface area contributed by atoms with Crippen LogP contribution in [0, 0.1) is 10.7 Å². The van der Waals surface area contributed by atoms with Gasteiger partial charge < -0.3 is 4.90 Å². The zero-order chi connectivity index (χ0) is 14.2. The molecule has 5 heteroatoms. The summed E-state index contributed by atoms with van der Waals surface area (Å²) >= 11 is 5.56. The van der Waals surface area contributed by atoms with E-state index >= 15 is 0 Å². The molecule has 3 aliphatic rings. The molecule has 2 atom stereocenters. The van der Waals surface area contributed by atoms with Gasteiger partial charge in [0.2, 0.25) is 5.95 Å². The van der Waals surface area contributed by atoms with Crippen molar-refractivity contribution in [2.45, 2.75) is 76.3 Å². The molecule has 1 aromatic rings. The van der Waals surface area contributed by atoms with E-state index in [0.29, 0.717) is 12.1 Å². The van der Waals surface area contributed by atoms with E-state index in [4.69, 9.17) is 12.2 Å². The number of fused-ring (bicyclic) bond motifs is 1. The Labute approximate surface area is 131 Å². The summed E-state index contributed by atoms with van der Waals surface area (Å²) in [6, 6.07) is 1.29. The van der Waals surface area contributed by atoms with Gasteiger partial charge in [-0.3, -0.25) is 4.57 Å². The molecule has 0 bridgehead atoms. The highest BCUT2D eigenvalue weighted by Crippen LogP contribution is 2.40. The third kappa shape index (κ3) is 2.43. The average Bonchev–Trinajstić information content (AvgIpc) is 3.14. The van der Waals surface area contributed by atoms with Gasteiger partial charge in [-0.05, 0) is 56.7 Å². The Hall–Kier alpha value is -0.840. The summed E-state index contributed by atoms with van der Waals surface area (Å²) in [5.74, 6) is 2.03. The third-order valence-corrected chi connectivity index (χ3v) is 6.16. The fourth-order valence-corrected chi connectivity index (χ4v) is 5.15. The molecule has 4 rings (SSSR count). The number of rotatable bonds is 2. The van der Waals surface area contributed by atoms with E-state index in [9.17, 15) is 0 Å². The number of nitrogens with one attached hydrogen (secondary N) is 1. The van der Waals surface area contributed by atoms with Crippen LogP contribution < -0.4 is 4.90 Å². The largest absolute Gasteiger partial charge is 0.338 e. The van der Waals surface area contributed by atoms with Gasteiger partial charge in [-0.25, -0.2) is 5.10 Å². The van der Waals surface area contributed by atoms with Crippen LogP contribution in [0.4, 0.5) is 5.95 Å². The highest BCUT2D eigenvalue weighted by atomic mass is 32.1. The first-order valence-electron chi connectivity index (χ1n) is 8.78. The smallest absolute Gasteiger partial charge is 0.226 e. The Morgan fingerprint density at radius 2 is 1.76 bits per heavy atom. The van der Waals surface area contributed by atoms with Crippen LogP contribution >= 0.6 is 12.2 Å². The number of piperidine rings is 1. The zero-order valence-corrected chi connectivity index (χ0v) is 13.6. The second kappa shape index (κ2) is 5.75. The van der Waals surface area contributed by atoms with Gasteiger partial charge in [-0.15, -0.1) is 5.10 Å². The fraction of sp³-hybridized carbons (Fsp3) is 0.875. The normalized spacial score (nSPS) is 30.6. The molecule has 2 aliphatic carbocycles. The summed E-state index contributed by atoms with van der Waals surface area (Å²) < 4.78 is 3.19. The Morgan fingerprint density at radius 3 is 2.62 bits per heavy atom. The molecule has 2 unspecified atom stereocenters. The Morgan fingerprint density at radius 1 is 0.952 bits per heavy atom. The van der Waals surface area contributed by atoms with Crippen LogP contribution in [0.15, 0.2) is 0 Å². The van der Waals surface area contributed by atoms with Crippen molar-refractivity contribution in [3.05, 3.63) is 4.77 Å². The van der Waals surface area contributed by atoms with Crippen LogP contribution in [0.5, 0.6) is 0 Å². The number of anilines is 1. The molecule has 21 heavy (non-hydrogen) atoms. The predicted octanol–water partition coefficient (Wildman–Crippen LogP) is 4.21. The summed E-state index contributed by atoms with van der Waals surface area (Å²) in [5, 5.41) is 7.73. The number of hydrogen-bond acceptors (Lipinski definition) is 3. The lowest BCUT2D eigenvalue weighted by Crippen LogP contribution is -2.44. The average molecular weight is 306 g/mol. The topological polar surface area (TPSA) is 36.9 Å². The van der Waals surface area contributed by atoms with Gasteiger partial charge in [0.1, 0.15) is 0 Å². The molecule has 2 saturated carbocycles. The summed E-state index contributed by atoms with van der Waals surface area (Å²) in [7, 11) is 0. The lowest BCUT2D eigenvalue weighted by molar-refractivity contribution is 0.328. The SMILES string of the molecule is S=c1[nH]nc(N2CCCC3CCCC32)n1C1CCCCC1. The molecular formula is C16H26N4S. The van der Waals surface area contributed by atoms with Crippen LogP contribution in [0.2, 0.25) is 0 Å². The second-order valence-electron chi connectivity index (χ2n) is 7.08. The first kappa shape index (κ1) is 13.8. The molecule has 1 aliphatic heterocycles. The number of H-pyrrole nitrogens is 1. The van der Waals surface area contributed by atoms with E-state index in [1.165, 1.54) is 64.2 Å². The predicted molar refractivity (Wildman–Crippen MR) is 87.2 cm³/mol. The Kier molecular flexibility index (Phi) is 3.78. The summed E-state index contributed by atoms with van der Waals surface area (Å²) in [6.07, 6.45) is 13.5. The Balaban J connectivity index is 1.66. The van der Waals surface area contributed by atoms with Crippen molar-refractivity contribution in [1.82, 2.24) is 14.8 Å². The first-order chi connectivity index (χ1) is 10.3. The van der Waals surface area contributed by atoms with Gasteiger partial charge >= 0.3 is 0 Å². The number of aromatic nitrogens is 3. The quantitative estimate of drug-likeness (QED) is 0.831. The van der Waals surface area contributed by atoms with Gasteiger partial charge in [0.05, 0.1) is 0 Å². The Bertz CT molecular complexity index is 543. The van der Waals surface area contributed by atoms with Crippen molar-refractivity contribution in [2.75, 3.05) is 11.4 Å². The van der Waals surface area contributed by atoms with Crippen LogP contribution in [0.25, 0.3) is 0 Å². The molecule has 116 valence electrons. The minimum Gasteiger partial charge on any atom is -0.338 e. The van der Waals surface area contributed by atoms with Crippen molar-refractivity contribution in [2.24, 2.45) is 5.92 Å². The zero-order valence-electron chi connectivity index (χ0n) is 12.8. The van der Waals surface area contributed by atoms with E-state index in [1.807, 2.05) is 0 Å². The van der Waals surface area contributed by atoms with Crippen LogP contribution in [0.3, 0.4) is 0 Å². The van der Waals surface area contributed by atoms with Crippen LogP contribution in [0.1, 0.15) is 70.3 Å². The third-order valence-electron chi connectivity index (χ3n) is 5.88. The van der Waals surface area contributed by atoms with Crippen molar-refractivity contribution in [1.29, 1.82) is 0 Å². The summed E-state index contributed by atoms with van der Waals surface area (Å²) in [5.41, 5.74) is 0. The molecule has 3 fully saturated rings. The highest BCUT2D eigenvalue weighted by Gasteiger charge is 2.37. The molecular weight excluding hydrogens is 280 g/mol. The van der Waals surface area contributed by atoms with Gasteiger partial charge in [0.15, 0.2) is 4.77 Å². The first-order valence-corrected chi connectivity index (χ1v) is 9.19.